The number of carbonyl (C=O) groups is 1. The van der Waals surface area contributed by atoms with Crippen molar-refractivity contribution in [2.45, 2.75) is 37.9 Å². The molecule has 0 bridgehead atoms. The molecule has 0 aliphatic heterocycles. The second kappa shape index (κ2) is 10.3. The molecule has 1 N–H and O–H groups in total. The summed E-state index contributed by atoms with van der Waals surface area (Å²) in [6, 6.07) is 21.8. The molecule has 0 fully saturated rings. The zero-order valence-electron chi connectivity index (χ0n) is 18.2. The number of amides is 1. The van der Waals surface area contributed by atoms with Crippen LogP contribution >= 0.6 is 11.8 Å². The van der Waals surface area contributed by atoms with Gasteiger partial charge in [0.25, 0.3) is 0 Å². The van der Waals surface area contributed by atoms with Gasteiger partial charge in [-0.05, 0) is 49.6 Å². The molecule has 1 amide bonds. The van der Waals surface area contributed by atoms with Crippen LogP contribution in [-0.4, -0.2) is 26.4 Å². The lowest BCUT2D eigenvalue weighted by atomic mass is 10.1. The van der Waals surface area contributed by atoms with Gasteiger partial charge in [-0.1, -0.05) is 60.3 Å². The smallest absolute Gasteiger partial charge is 0.220 e. The van der Waals surface area contributed by atoms with Gasteiger partial charge in [0.05, 0.1) is 18.0 Å². The van der Waals surface area contributed by atoms with Crippen molar-refractivity contribution in [3.8, 4) is 17.3 Å². The van der Waals surface area contributed by atoms with E-state index in [4.69, 9.17) is 4.42 Å². The van der Waals surface area contributed by atoms with Gasteiger partial charge in [-0.3, -0.25) is 9.36 Å². The highest BCUT2D eigenvalue weighted by Crippen LogP contribution is 2.30. The van der Waals surface area contributed by atoms with Crippen molar-refractivity contribution in [2.75, 3.05) is 5.75 Å². The molecule has 4 rings (SSSR count). The summed E-state index contributed by atoms with van der Waals surface area (Å²) in [6.07, 6.45) is 2.84. The molecule has 6 nitrogen and oxygen atoms in total. The number of nitrogens with one attached hydrogen (secondary N) is 1. The number of benzene rings is 2. The minimum absolute atomic E-state index is 0.00337. The van der Waals surface area contributed by atoms with E-state index >= 15 is 0 Å². The topological polar surface area (TPSA) is 73.0 Å². The summed E-state index contributed by atoms with van der Waals surface area (Å²) in [4.78, 5) is 12.4. The van der Waals surface area contributed by atoms with Crippen molar-refractivity contribution in [3.05, 3.63) is 84.1 Å². The Labute approximate surface area is 192 Å². The third kappa shape index (κ3) is 5.11. The second-order valence-electron chi connectivity index (χ2n) is 7.56. The number of rotatable bonds is 9. The normalized spacial score (nSPS) is 11.9. The summed E-state index contributed by atoms with van der Waals surface area (Å²) in [7, 11) is 0. The van der Waals surface area contributed by atoms with Crippen LogP contribution < -0.4 is 5.32 Å². The first kappa shape index (κ1) is 21.9. The largest absolute Gasteiger partial charge is 0.461 e. The molecule has 1 unspecified atom stereocenters. The van der Waals surface area contributed by atoms with E-state index in [9.17, 15) is 4.79 Å². The van der Waals surface area contributed by atoms with Crippen molar-refractivity contribution in [1.29, 1.82) is 0 Å². The molecule has 7 heteroatoms. The average molecular weight is 447 g/mol. The van der Waals surface area contributed by atoms with Crippen LogP contribution in [0.2, 0.25) is 0 Å². The van der Waals surface area contributed by atoms with Crippen LogP contribution in [0.1, 0.15) is 36.9 Å². The first-order chi connectivity index (χ1) is 15.6. The van der Waals surface area contributed by atoms with Gasteiger partial charge in [0.15, 0.2) is 10.9 Å². The van der Waals surface area contributed by atoms with Crippen LogP contribution in [0.4, 0.5) is 0 Å². The molecule has 32 heavy (non-hydrogen) atoms. The predicted molar refractivity (Wildman–Crippen MR) is 127 cm³/mol. The van der Waals surface area contributed by atoms with Gasteiger partial charge in [-0.25, -0.2) is 0 Å². The van der Waals surface area contributed by atoms with Gasteiger partial charge in [0, 0.05) is 12.2 Å². The number of carbonyl (C=O) groups excluding carboxylic acids is 1. The van der Waals surface area contributed by atoms with Gasteiger partial charge >= 0.3 is 0 Å². The fourth-order valence-electron chi connectivity index (χ4n) is 3.50. The Balaban J connectivity index is 1.40. The first-order valence-electron chi connectivity index (χ1n) is 10.7. The molecule has 2 aromatic carbocycles. The summed E-state index contributed by atoms with van der Waals surface area (Å²) >= 11 is 1.59. The Bertz CT molecular complexity index is 1160. The Morgan fingerprint density at radius 2 is 1.84 bits per heavy atom. The minimum Gasteiger partial charge on any atom is -0.461 e. The zero-order valence-corrected chi connectivity index (χ0v) is 19.0. The van der Waals surface area contributed by atoms with Crippen molar-refractivity contribution >= 4 is 17.7 Å². The third-order valence-corrected chi connectivity index (χ3v) is 6.20. The van der Waals surface area contributed by atoms with Crippen LogP contribution in [0.15, 0.2) is 82.6 Å². The van der Waals surface area contributed by atoms with E-state index in [1.807, 2.05) is 72.2 Å². The maximum atomic E-state index is 12.4. The van der Waals surface area contributed by atoms with E-state index in [-0.39, 0.29) is 11.9 Å². The SMILES string of the molecule is Cc1ccccc1-n1c(SCCCC(=O)NC(C)c2ccccc2)nnc1-c1ccco1. The van der Waals surface area contributed by atoms with Crippen LogP contribution in [-0.2, 0) is 4.79 Å². The van der Waals surface area contributed by atoms with Crippen molar-refractivity contribution < 1.29 is 9.21 Å². The summed E-state index contributed by atoms with van der Waals surface area (Å²) in [5.41, 5.74) is 3.24. The van der Waals surface area contributed by atoms with Gasteiger partial charge in [-0.15, -0.1) is 10.2 Å². The predicted octanol–water partition coefficient (Wildman–Crippen LogP) is 5.59. The van der Waals surface area contributed by atoms with Gasteiger partial charge in [0.1, 0.15) is 0 Å². The van der Waals surface area contributed by atoms with E-state index in [0.717, 1.165) is 34.1 Å². The van der Waals surface area contributed by atoms with Gasteiger partial charge in [0.2, 0.25) is 11.7 Å². The minimum atomic E-state index is -0.00337. The summed E-state index contributed by atoms with van der Waals surface area (Å²) < 4.78 is 7.60. The fourth-order valence-corrected chi connectivity index (χ4v) is 4.38. The number of aromatic nitrogens is 3. The Morgan fingerprint density at radius 1 is 1.06 bits per heavy atom. The molecule has 0 aliphatic rings. The summed E-state index contributed by atoms with van der Waals surface area (Å²) in [5.74, 6) is 2.15. The molecule has 0 aliphatic carbocycles. The van der Waals surface area contributed by atoms with E-state index in [2.05, 4.69) is 28.5 Å². The third-order valence-electron chi connectivity index (χ3n) is 5.19. The van der Waals surface area contributed by atoms with Crippen molar-refractivity contribution in [3.63, 3.8) is 0 Å². The van der Waals surface area contributed by atoms with Crippen molar-refractivity contribution in [2.24, 2.45) is 0 Å². The molecule has 0 saturated carbocycles. The van der Waals surface area contributed by atoms with Crippen LogP contribution in [0.3, 0.4) is 0 Å². The maximum Gasteiger partial charge on any atom is 0.220 e. The number of hydrogen-bond donors (Lipinski definition) is 1. The van der Waals surface area contributed by atoms with E-state index in [1.165, 1.54) is 0 Å². The lowest BCUT2D eigenvalue weighted by molar-refractivity contribution is -0.121. The van der Waals surface area contributed by atoms with Crippen LogP contribution in [0.5, 0.6) is 0 Å². The molecule has 0 radical (unpaired) electrons. The number of para-hydroxylation sites is 1. The molecule has 0 spiro atoms. The summed E-state index contributed by atoms with van der Waals surface area (Å²) in [6.45, 7) is 4.07. The lowest BCUT2D eigenvalue weighted by Gasteiger charge is -2.14. The van der Waals surface area contributed by atoms with E-state index in [1.54, 1.807) is 18.0 Å². The van der Waals surface area contributed by atoms with Gasteiger partial charge in [-0.2, -0.15) is 0 Å². The Hall–Kier alpha value is -3.32. The van der Waals surface area contributed by atoms with Crippen LogP contribution in [0, 0.1) is 6.92 Å². The van der Waals surface area contributed by atoms with Crippen molar-refractivity contribution in [1.82, 2.24) is 20.1 Å². The first-order valence-corrected chi connectivity index (χ1v) is 11.6. The molecular formula is C25H26N4O2S. The Morgan fingerprint density at radius 3 is 2.59 bits per heavy atom. The van der Waals surface area contributed by atoms with Gasteiger partial charge < -0.3 is 9.73 Å². The molecule has 2 aromatic heterocycles. The fraction of sp³-hybridized carbons (Fsp3) is 0.240. The highest BCUT2D eigenvalue weighted by molar-refractivity contribution is 7.99. The lowest BCUT2D eigenvalue weighted by Crippen LogP contribution is -2.26. The summed E-state index contributed by atoms with van der Waals surface area (Å²) in [5, 5.41) is 12.6. The average Bonchev–Trinajstić information content (AvgIpc) is 3.48. The quantitative estimate of drug-likeness (QED) is 0.268. The monoisotopic (exact) mass is 446 g/mol. The number of thioether (sulfide) groups is 1. The molecule has 2 heterocycles. The molecular weight excluding hydrogens is 420 g/mol. The maximum absolute atomic E-state index is 12.4. The highest BCUT2D eigenvalue weighted by Gasteiger charge is 2.19. The molecule has 0 saturated heterocycles. The second-order valence-corrected chi connectivity index (χ2v) is 8.62. The number of furan rings is 1. The van der Waals surface area contributed by atoms with Crippen LogP contribution in [0.25, 0.3) is 17.3 Å². The number of hydrogen-bond acceptors (Lipinski definition) is 5. The van der Waals surface area contributed by atoms with E-state index < -0.39 is 0 Å². The molecule has 164 valence electrons. The Kier molecular flexibility index (Phi) is 7.07. The molecule has 4 aromatic rings. The number of aryl methyl sites for hydroxylation is 1. The molecule has 1 atom stereocenters. The standard InChI is InChI=1S/C25H26N4O2S/c1-18-10-6-7-13-21(18)29-24(22-14-8-16-31-22)27-28-25(29)32-17-9-15-23(30)26-19(2)20-11-4-3-5-12-20/h3-8,10-14,16,19H,9,15,17H2,1-2H3,(H,26,30). The zero-order chi connectivity index (χ0) is 22.3. The number of nitrogens with zero attached hydrogens (tertiary/aromatic N) is 3. The highest BCUT2D eigenvalue weighted by atomic mass is 32.2. The van der Waals surface area contributed by atoms with E-state index in [0.29, 0.717) is 18.0 Å².